The summed E-state index contributed by atoms with van der Waals surface area (Å²) in [6.07, 6.45) is 0.910. The predicted octanol–water partition coefficient (Wildman–Crippen LogP) is 4.32. The number of halogens is 1. The monoisotopic (exact) mass is 367 g/mol. The zero-order valence-corrected chi connectivity index (χ0v) is 14.9. The van der Waals surface area contributed by atoms with E-state index in [-0.39, 0.29) is 18.6 Å². The summed E-state index contributed by atoms with van der Waals surface area (Å²) in [7, 11) is 0. The van der Waals surface area contributed by atoms with Gasteiger partial charge in [-0.15, -0.1) is 11.3 Å². The summed E-state index contributed by atoms with van der Waals surface area (Å²) in [5, 5.41) is 15.3. The zero-order valence-electron chi connectivity index (χ0n) is 12.5. The number of aryl methyl sites for hydroxylation is 1. The minimum absolute atomic E-state index is 0.207. The van der Waals surface area contributed by atoms with E-state index < -0.39 is 0 Å². The van der Waals surface area contributed by atoms with Crippen molar-refractivity contribution in [2.45, 2.75) is 26.3 Å². The molecule has 2 rings (SSSR count). The van der Waals surface area contributed by atoms with Crippen molar-refractivity contribution in [3.63, 3.8) is 0 Å². The number of hydrogen-bond donors (Lipinski definition) is 2. The first-order valence-electron chi connectivity index (χ1n) is 7.23. The molecule has 2 aromatic rings. The molecule has 1 heterocycles. The average molecular weight is 368 g/mol. The van der Waals surface area contributed by atoms with Crippen LogP contribution < -0.4 is 5.32 Å². The van der Waals surface area contributed by atoms with Crippen molar-refractivity contribution in [2.75, 3.05) is 13.2 Å². The fraction of sp³-hybridized carbons (Fsp3) is 0.412. The number of thiophene rings is 1. The highest BCUT2D eigenvalue weighted by Gasteiger charge is 2.14. The highest BCUT2D eigenvalue weighted by Crippen LogP contribution is 2.28. The molecule has 4 heteroatoms. The Hall–Kier alpha value is -0.680. The SMILES string of the molecule is Cc1ccccc1CC(CO)CNC(C)c1ccsc1Br. The van der Waals surface area contributed by atoms with E-state index in [1.54, 1.807) is 11.3 Å². The Morgan fingerprint density at radius 1 is 1.29 bits per heavy atom. The molecular formula is C17H22BrNOS. The van der Waals surface area contributed by atoms with E-state index in [1.165, 1.54) is 20.5 Å². The standard InChI is InChI=1S/C17H22BrNOS/c1-12-5-3-4-6-15(12)9-14(11-20)10-19-13(2)16-7-8-21-17(16)18/h3-8,13-14,19-20H,9-11H2,1-2H3. The van der Waals surface area contributed by atoms with Gasteiger partial charge in [0.05, 0.1) is 3.79 Å². The third-order valence-electron chi connectivity index (χ3n) is 3.85. The lowest BCUT2D eigenvalue weighted by atomic mass is 9.96. The fourth-order valence-corrected chi connectivity index (χ4v) is 3.93. The Balaban J connectivity index is 1.91. The second kappa shape index (κ2) is 8.08. The summed E-state index contributed by atoms with van der Waals surface area (Å²) in [6, 6.07) is 10.8. The second-order valence-electron chi connectivity index (χ2n) is 5.46. The minimum Gasteiger partial charge on any atom is -0.396 e. The van der Waals surface area contributed by atoms with Crippen LogP contribution in [0.2, 0.25) is 0 Å². The van der Waals surface area contributed by atoms with Crippen LogP contribution in [-0.4, -0.2) is 18.3 Å². The molecular weight excluding hydrogens is 346 g/mol. The molecule has 2 N–H and O–H groups in total. The van der Waals surface area contributed by atoms with Crippen LogP contribution in [0, 0.1) is 12.8 Å². The van der Waals surface area contributed by atoms with E-state index in [2.05, 4.69) is 70.8 Å². The van der Waals surface area contributed by atoms with E-state index in [0.29, 0.717) is 0 Å². The first-order valence-corrected chi connectivity index (χ1v) is 8.90. The van der Waals surface area contributed by atoms with E-state index in [1.807, 2.05) is 0 Å². The Kier molecular flexibility index (Phi) is 6.42. The maximum Gasteiger partial charge on any atom is 0.0746 e. The lowest BCUT2D eigenvalue weighted by molar-refractivity contribution is 0.218. The summed E-state index contributed by atoms with van der Waals surface area (Å²) < 4.78 is 1.18. The number of hydrogen-bond acceptors (Lipinski definition) is 3. The predicted molar refractivity (Wildman–Crippen MR) is 93.9 cm³/mol. The van der Waals surface area contributed by atoms with Crippen LogP contribution in [0.4, 0.5) is 0 Å². The Morgan fingerprint density at radius 3 is 2.67 bits per heavy atom. The van der Waals surface area contributed by atoms with Crippen molar-refractivity contribution in [1.29, 1.82) is 0 Å². The summed E-state index contributed by atoms with van der Waals surface area (Å²) >= 11 is 5.29. The number of aliphatic hydroxyl groups excluding tert-OH is 1. The van der Waals surface area contributed by atoms with Gasteiger partial charge in [-0.1, -0.05) is 24.3 Å². The van der Waals surface area contributed by atoms with Gasteiger partial charge in [-0.05, 0) is 70.3 Å². The van der Waals surface area contributed by atoms with Crippen LogP contribution in [0.3, 0.4) is 0 Å². The molecule has 1 aromatic heterocycles. The lowest BCUT2D eigenvalue weighted by Crippen LogP contribution is -2.29. The third kappa shape index (κ3) is 4.65. The maximum atomic E-state index is 9.63. The highest BCUT2D eigenvalue weighted by molar-refractivity contribution is 9.11. The summed E-state index contributed by atoms with van der Waals surface area (Å²) in [5.74, 6) is 0.242. The van der Waals surface area contributed by atoms with Crippen LogP contribution in [0.15, 0.2) is 39.5 Å². The first-order chi connectivity index (χ1) is 10.1. The van der Waals surface area contributed by atoms with Gasteiger partial charge in [0.15, 0.2) is 0 Å². The van der Waals surface area contributed by atoms with Crippen molar-refractivity contribution in [3.8, 4) is 0 Å². The van der Waals surface area contributed by atoms with Gasteiger partial charge in [-0.2, -0.15) is 0 Å². The van der Waals surface area contributed by atoms with Gasteiger partial charge in [0.2, 0.25) is 0 Å². The molecule has 0 saturated carbocycles. The first kappa shape index (κ1) is 16.7. The van der Waals surface area contributed by atoms with Gasteiger partial charge in [0, 0.05) is 19.2 Å². The molecule has 0 spiro atoms. The molecule has 2 unspecified atom stereocenters. The minimum atomic E-state index is 0.207. The Labute approximate surface area is 139 Å². The topological polar surface area (TPSA) is 32.3 Å². The van der Waals surface area contributed by atoms with Crippen molar-refractivity contribution in [3.05, 3.63) is 56.2 Å². The van der Waals surface area contributed by atoms with Crippen LogP contribution >= 0.6 is 27.3 Å². The van der Waals surface area contributed by atoms with E-state index in [0.717, 1.165) is 13.0 Å². The van der Waals surface area contributed by atoms with Crippen LogP contribution in [0.1, 0.15) is 29.7 Å². The quantitative estimate of drug-likeness (QED) is 0.763. The number of benzene rings is 1. The Morgan fingerprint density at radius 2 is 2.05 bits per heavy atom. The average Bonchev–Trinajstić information content (AvgIpc) is 2.91. The fourth-order valence-electron chi connectivity index (χ4n) is 2.42. The highest BCUT2D eigenvalue weighted by atomic mass is 79.9. The molecule has 21 heavy (non-hydrogen) atoms. The summed E-state index contributed by atoms with van der Waals surface area (Å²) in [4.78, 5) is 0. The van der Waals surface area contributed by atoms with Crippen LogP contribution in [-0.2, 0) is 6.42 Å². The maximum absolute atomic E-state index is 9.63. The molecule has 0 saturated heterocycles. The molecule has 2 nitrogen and oxygen atoms in total. The molecule has 2 atom stereocenters. The lowest BCUT2D eigenvalue weighted by Gasteiger charge is -2.20. The number of nitrogens with one attached hydrogen (secondary N) is 1. The normalized spacial score (nSPS) is 14.1. The molecule has 0 aliphatic rings. The molecule has 0 bridgehead atoms. The van der Waals surface area contributed by atoms with Crippen molar-refractivity contribution in [1.82, 2.24) is 5.32 Å². The van der Waals surface area contributed by atoms with Crippen molar-refractivity contribution < 1.29 is 5.11 Å². The van der Waals surface area contributed by atoms with Gasteiger partial charge in [-0.3, -0.25) is 0 Å². The number of aliphatic hydroxyl groups is 1. The molecule has 0 radical (unpaired) electrons. The Bertz CT molecular complexity index is 569. The van der Waals surface area contributed by atoms with Gasteiger partial charge < -0.3 is 10.4 Å². The van der Waals surface area contributed by atoms with Crippen molar-refractivity contribution >= 4 is 27.3 Å². The van der Waals surface area contributed by atoms with E-state index in [4.69, 9.17) is 0 Å². The largest absolute Gasteiger partial charge is 0.396 e. The van der Waals surface area contributed by atoms with E-state index in [9.17, 15) is 5.11 Å². The second-order valence-corrected chi connectivity index (χ2v) is 7.69. The van der Waals surface area contributed by atoms with Crippen molar-refractivity contribution in [2.24, 2.45) is 5.92 Å². The zero-order chi connectivity index (χ0) is 15.2. The number of rotatable bonds is 7. The third-order valence-corrected chi connectivity index (χ3v) is 5.59. The summed E-state index contributed by atoms with van der Waals surface area (Å²) in [6.45, 7) is 5.31. The smallest absolute Gasteiger partial charge is 0.0746 e. The molecule has 0 aliphatic heterocycles. The van der Waals surface area contributed by atoms with E-state index >= 15 is 0 Å². The molecule has 0 aliphatic carbocycles. The van der Waals surface area contributed by atoms with Gasteiger partial charge in [0.25, 0.3) is 0 Å². The van der Waals surface area contributed by atoms with Gasteiger partial charge in [-0.25, -0.2) is 0 Å². The molecule has 1 aromatic carbocycles. The van der Waals surface area contributed by atoms with Gasteiger partial charge >= 0.3 is 0 Å². The van der Waals surface area contributed by atoms with Crippen LogP contribution in [0.5, 0.6) is 0 Å². The van der Waals surface area contributed by atoms with Crippen LogP contribution in [0.25, 0.3) is 0 Å². The van der Waals surface area contributed by atoms with Gasteiger partial charge in [0.1, 0.15) is 0 Å². The molecule has 0 amide bonds. The summed E-state index contributed by atoms with van der Waals surface area (Å²) in [5.41, 5.74) is 3.90. The molecule has 114 valence electrons. The molecule has 0 fully saturated rings.